The maximum absolute atomic E-state index is 12.6. The number of amides is 1. The van der Waals surface area contributed by atoms with Crippen LogP contribution < -0.4 is 15.0 Å². The van der Waals surface area contributed by atoms with E-state index in [-0.39, 0.29) is 22.7 Å². The van der Waals surface area contributed by atoms with Crippen LogP contribution in [0.4, 0.5) is 17.1 Å². The fourth-order valence-electron chi connectivity index (χ4n) is 3.34. The number of carbonyl (C=O) groups is 1. The Kier molecular flexibility index (Phi) is 6.72. The molecule has 1 N–H and O–H groups in total. The summed E-state index contributed by atoms with van der Waals surface area (Å²) in [5.41, 5.74) is 2.40. The van der Waals surface area contributed by atoms with Gasteiger partial charge in [-0.1, -0.05) is 12.1 Å². The van der Waals surface area contributed by atoms with E-state index in [9.17, 15) is 20.2 Å². The zero-order valence-electron chi connectivity index (χ0n) is 17.4. The number of nitro groups is 1. The molecule has 31 heavy (non-hydrogen) atoms. The second-order valence-corrected chi connectivity index (χ2v) is 7.11. The van der Waals surface area contributed by atoms with Crippen LogP contribution >= 0.6 is 0 Å². The van der Waals surface area contributed by atoms with Crippen LogP contribution in [0.5, 0.6) is 5.75 Å². The minimum atomic E-state index is -0.601. The van der Waals surface area contributed by atoms with Crippen LogP contribution in [-0.4, -0.2) is 49.0 Å². The molecule has 1 saturated heterocycles. The van der Waals surface area contributed by atoms with Crippen LogP contribution in [-0.2, 0) is 4.79 Å². The van der Waals surface area contributed by atoms with Crippen molar-refractivity contribution in [3.63, 3.8) is 0 Å². The first-order valence-electron chi connectivity index (χ1n) is 9.72. The highest BCUT2D eigenvalue weighted by molar-refractivity contribution is 6.07. The van der Waals surface area contributed by atoms with Gasteiger partial charge in [-0.2, -0.15) is 5.26 Å². The second-order valence-electron chi connectivity index (χ2n) is 7.11. The van der Waals surface area contributed by atoms with E-state index in [2.05, 4.69) is 35.3 Å². The number of nitriles is 1. The van der Waals surface area contributed by atoms with Crippen molar-refractivity contribution in [2.45, 2.75) is 6.92 Å². The predicted octanol–water partition coefficient (Wildman–Crippen LogP) is 3.08. The Balaban J connectivity index is 1.66. The first kappa shape index (κ1) is 21.6. The van der Waals surface area contributed by atoms with Gasteiger partial charge in [-0.25, -0.2) is 0 Å². The van der Waals surface area contributed by atoms with Gasteiger partial charge in [0.25, 0.3) is 11.6 Å². The van der Waals surface area contributed by atoms with Gasteiger partial charge in [-0.3, -0.25) is 14.9 Å². The van der Waals surface area contributed by atoms with Gasteiger partial charge in [0, 0.05) is 44.1 Å². The molecule has 9 nitrogen and oxygen atoms in total. The molecule has 0 radical (unpaired) electrons. The number of hydrogen-bond donors (Lipinski definition) is 1. The number of non-ortho nitro benzene ring substituents is 1. The molecule has 0 aromatic heterocycles. The molecule has 1 fully saturated rings. The zero-order valence-corrected chi connectivity index (χ0v) is 17.4. The summed E-state index contributed by atoms with van der Waals surface area (Å²) in [6.45, 7) is 4.95. The topological polar surface area (TPSA) is 112 Å². The van der Waals surface area contributed by atoms with E-state index >= 15 is 0 Å². The van der Waals surface area contributed by atoms with Crippen molar-refractivity contribution in [3.8, 4) is 11.8 Å². The van der Waals surface area contributed by atoms with Crippen LogP contribution in [0.2, 0.25) is 0 Å². The van der Waals surface area contributed by atoms with Gasteiger partial charge in [0.1, 0.15) is 17.4 Å². The van der Waals surface area contributed by atoms with Gasteiger partial charge < -0.3 is 19.9 Å². The minimum Gasteiger partial charge on any atom is -0.494 e. The molecule has 2 aromatic carbocycles. The highest BCUT2D eigenvalue weighted by Crippen LogP contribution is 2.29. The molecular formula is C22H23N5O4. The summed E-state index contributed by atoms with van der Waals surface area (Å²) >= 11 is 0. The van der Waals surface area contributed by atoms with Crippen molar-refractivity contribution in [1.29, 1.82) is 5.26 Å². The van der Waals surface area contributed by atoms with E-state index in [1.54, 1.807) is 6.20 Å². The molecule has 1 heterocycles. The highest BCUT2D eigenvalue weighted by atomic mass is 16.6. The van der Waals surface area contributed by atoms with E-state index in [0.29, 0.717) is 13.1 Å². The second kappa shape index (κ2) is 9.63. The number of methoxy groups -OCH3 is 1. The van der Waals surface area contributed by atoms with Crippen molar-refractivity contribution in [2.75, 3.05) is 43.5 Å². The first-order chi connectivity index (χ1) is 14.9. The summed E-state index contributed by atoms with van der Waals surface area (Å²) in [7, 11) is 1.35. The first-order valence-corrected chi connectivity index (χ1v) is 9.72. The number of nitro benzene ring substituents is 1. The summed E-state index contributed by atoms with van der Waals surface area (Å²) in [6, 6.07) is 14.1. The number of benzene rings is 2. The Labute approximate surface area is 180 Å². The van der Waals surface area contributed by atoms with Gasteiger partial charge in [0.05, 0.1) is 23.8 Å². The zero-order chi connectivity index (χ0) is 22.4. The molecule has 1 amide bonds. The molecule has 9 heteroatoms. The highest BCUT2D eigenvalue weighted by Gasteiger charge is 2.19. The smallest absolute Gasteiger partial charge is 0.273 e. The van der Waals surface area contributed by atoms with Gasteiger partial charge in [0.15, 0.2) is 0 Å². The van der Waals surface area contributed by atoms with Crippen LogP contribution in [0.15, 0.2) is 54.2 Å². The number of aryl methyl sites for hydroxylation is 1. The van der Waals surface area contributed by atoms with Crippen molar-refractivity contribution < 1.29 is 14.5 Å². The summed E-state index contributed by atoms with van der Waals surface area (Å²) in [5.74, 6) is -0.456. The van der Waals surface area contributed by atoms with Crippen LogP contribution in [0.25, 0.3) is 0 Å². The average molecular weight is 421 g/mol. The van der Waals surface area contributed by atoms with Crippen LogP contribution in [0, 0.1) is 28.4 Å². The Bertz CT molecular complexity index is 1050. The number of anilines is 2. The molecular weight excluding hydrogens is 398 g/mol. The molecule has 0 bridgehead atoms. The van der Waals surface area contributed by atoms with E-state index < -0.39 is 10.8 Å². The third kappa shape index (κ3) is 5.30. The Morgan fingerprint density at radius 2 is 1.97 bits per heavy atom. The molecule has 0 spiro atoms. The molecule has 0 unspecified atom stereocenters. The average Bonchev–Trinajstić information content (AvgIpc) is 2.77. The lowest BCUT2D eigenvalue weighted by molar-refractivity contribution is -0.384. The van der Waals surface area contributed by atoms with Gasteiger partial charge in [-0.15, -0.1) is 0 Å². The monoisotopic (exact) mass is 421 g/mol. The number of nitrogens with zero attached hydrogens (tertiary/aromatic N) is 4. The van der Waals surface area contributed by atoms with Gasteiger partial charge in [-0.05, 0) is 30.7 Å². The fraction of sp³-hybridized carbons (Fsp3) is 0.273. The summed E-state index contributed by atoms with van der Waals surface area (Å²) in [6.07, 6.45) is 1.56. The fourth-order valence-corrected chi connectivity index (χ4v) is 3.34. The number of piperazine rings is 1. The number of carbonyl (C=O) groups excluding carboxylic acids is 1. The van der Waals surface area contributed by atoms with Crippen molar-refractivity contribution in [2.24, 2.45) is 0 Å². The summed E-state index contributed by atoms with van der Waals surface area (Å²) < 4.78 is 5.13. The molecule has 1 aliphatic heterocycles. The third-order valence-corrected chi connectivity index (χ3v) is 5.00. The Hall–Kier alpha value is -4.06. The lowest BCUT2D eigenvalue weighted by atomic mass is 10.2. The lowest BCUT2D eigenvalue weighted by Crippen LogP contribution is -2.44. The normalized spacial score (nSPS) is 14.0. The van der Waals surface area contributed by atoms with Crippen molar-refractivity contribution in [3.05, 3.63) is 69.9 Å². The quantitative estimate of drug-likeness (QED) is 0.330. The van der Waals surface area contributed by atoms with Crippen molar-refractivity contribution >= 4 is 23.0 Å². The van der Waals surface area contributed by atoms with Crippen LogP contribution in [0.3, 0.4) is 0 Å². The number of nitrogens with one attached hydrogen (secondary N) is 1. The van der Waals surface area contributed by atoms with E-state index in [1.165, 1.54) is 30.9 Å². The maximum Gasteiger partial charge on any atom is 0.273 e. The maximum atomic E-state index is 12.6. The van der Waals surface area contributed by atoms with Crippen molar-refractivity contribution in [1.82, 2.24) is 4.90 Å². The molecule has 1 aliphatic rings. The third-order valence-electron chi connectivity index (χ3n) is 5.00. The standard InChI is InChI=1S/C22H23N5O4/c1-16-4-3-5-18(12-16)26-10-8-25(9-11-26)15-17(14-23)22(28)24-20-7-6-19(27(29)30)13-21(20)31-2/h3-7,12-13,15H,8-11H2,1-2H3,(H,24,28)/b17-15-. The number of rotatable bonds is 6. The Morgan fingerprint density at radius 3 is 2.58 bits per heavy atom. The summed E-state index contributed by atoms with van der Waals surface area (Å²) in [4.78, 5) is 27.2. The molecule has 160 valence electrons. The molecule has 3 rings (SSSR count). The largest absolute Gasteiger partial charge is 0.494 e. The molecule has 0 atom stereocenters. The number of hydrogen-bond acceptors (Lipinski definition) is 7. The van der Waals surface area contributed by atoms with Gasteiger partial charge in [0.2, 0.25) is 0 Å². The minimum absolute atomic E-state index is 0.0515. The van der Waals surface area contributed by atoms with E-state index in [0.717, 1.165) is 18.8 Å². The van der Waals surface area contributed by atoms with Crippen LogP contribution in [0.1, 0.15) is 5.56 Å². The number of ether oxygens (including phenoxy) is 1. The predicted molar refractivity (Wildman–Crippen MR) is 117 cm³/mol. The summed E-state index contributed by atoms with van der Waals surface area (Å²) in [5, 5.41) is 23.0. The molecule has 2 aromatic rings. The Morgan fingerprint density at radius 1 is 1.23 bits per heavy atom. The molecule has 0 aliphatic carbocycles. The lowest BCUT2D eigenvalue weighted by Gasteiger charge is -2.35. The van der Waals surface area contributed by atoms with Gasteiger partial charge >= 0.3 is 0 Å². The van der Waals surface area contributed by atoms with E-state index in [1.807, 2.05) is 17.0 Å². The van der Waals surface area contributed by atoms with E-state index in [4.69, 9.17) is 4.74 Å². The SMILES string of the molecule is COc1cc([N+](=O)[O-])ccc1NC(=O)/C(C#N)=C\N1CCN(c2cccc(C)c2)CC1. The molecule has 0 saturated carbocycles.